The summed E-state index contributed by atoms with van der Waals surface area (Å²) in [6, 6.07) is 18.1. The van der Waals surface area contributed by atoms with Crippen molar-refractivity contribution in [1.29, 1.82) is 0 Å². The van der Waals surface area contributed by atoms with E-state index in [1.54, 1.807) is 7.11 Å². The number of benzene rings is 2. The van der Waals surface area contributed by atoms with Crippen LogP contribution in [-0.2, 0) is 16.0 Å². The maximum absolute atomic E-state index is 12.0. The molecule has 0 spiro atoms. The summed E-state index contributed by atoms with van der Waals surface area (Å²) in [5.41, 5.74) is 3.20. The van der Waals surface area contributed by atoms with E-state index in [2.05, 4.69) is 22.8 Å². The summed E-state index contributed by atoms with van der Waals surface area (Å²) in [5, 5.41) is 6.00. The topological polar surface area (TPSA) is 50.4 Å². The molecule has 0 fully saturated rings. The maximum atomic E-state index is 12.0. The summed E-state index contributed by atoms with van der Waals surface area (Å²) in [6.07, 6.45) is 0.800. The van der Waals surface area contributed by atoms with Crippen LogP contribution in [0.3, 0.4) is 0 Å². The van der Waals surface area contributed by atoms with Gasteiger partial charge in [-0.3, -0.25) is 4.79 Å². The van der Waals surface area contributed by atoms with Gasteiger partial charge in [0.15, 0.2) is 0 Å². The highest BCUT2D eigenvalue weighted by molar-refractivity contribution is 5.93. The Kier molecular flexibility index (Phi) is 6.61. The van der Waals surface area contributed by atoms with Crippen LogP contribution in [0.2, 0.25) is 0 Å². The van der Waals surface area contributed by atoms with Crippen molar-refractivity contribution in [1.82, 2.24) is 5.32 Å². The molecule has 0 atom stereocenters. The predicted octanol–water partition coefficient (Wildman–Crippen LogP) is 2.45. The SMILES string of the molecule is COCCNCC(=O)Nc1ccccc1Cc1ccccc1. The van der Waals surface area contributed by atoms with Gasteiger partial charge in [0.2, 0.25) is 5.91 Å². The van der Waals surface area contributed by atoms with Gasteiger partial charge in [-0.15, -0.1) is 0 Å². The average Bonchev–Trinajstić information content (AvgIpc) is 2.54. The number of hydrogen-bond donors (Lipinski definition) is 2. The van der Waals surface area contributed by atoms with Crippen LogP contribution in [0.15, 0.2) is 54.6 Å². The van der Waals surface area contributed by atoms with Crippen molar-refractivity contribution in [2.75, 3.05) is 32.1 Å². The van der Waals surface area contributed by atoms with E-state index in [1.807, 2.05) is 42.5 Å². The second-order valence-electron chi connectivity index (χ2n) is 5.04. The molecule has 22 heavy (non-hydrogen) atoms. The lowest BCUT2D eigenvalue weighted by Gasteiger charge is -2.11. The molecule has 0 saturated carbocycles. The Morgan fingerprint density at radius 1 is 1.05 bits per heavy atom. The van der Waals surface area contributed by atoms with Crippen LogP contribution in [-0.4, -0.2) is 32.7 Å². The van der Waals surface area contributed by atoms with E-state index >= 15 is 0 Å². The first-order chi connectivity index (χ1) is 10.8. The minimum atomic E-state index is -0.0448. The molecule has 116 valence electrons. The summed E-state index contributed by atoms with van der Waals surface area (Å²) >= 11 is 0. The van der Waals surface area contributed by atoms with Crippen LogP contribution in [0.4, 0.5) is 5.69 Å². The molecule has 2 rings (SSSR count). The lowest BCUT2D eigenvalue weighted by molar-refractivity contribution is -0.115. The van der Waals surface area contributed by atoms with Gasteiger partial charge in [0.1, 0.15) is 0 Å². The average molecular weight is 298 g/mol. The minimum Gasteiger partial charge on any atom is -0.383 e. The Labute approximate surface area is 131 Å². The van der Waals surface area contributed by atoms with E-state index in [1.165, 1.54) is 5.56 Å². The number of ether oxygens (including phenoxy) is 1. The first-order valence-corrected chi connectivity index (χ1v) is 7.41. The number of amides is 1. The summed E-state index contributed by atoms with van der Waals surface area (Å²) in [4.78, 5) is 12.0. The zero-order chi connectivity index (χ0) is 15.6. The molecule has 0 heterocycles. The van der Waals surface area contributed by atoms with Crippen LogP contribution in [0.25, 0.3) is 0 Å². The molecule has 0 aliphatic rings. The molecule has 4 heteroatoms. The van der Waals surface area contributed by atoms with E-state index in [0.29, 0.717) is 13.2 Å². The molecule has 0 saturated heterocycles. The monoisotopic (exact) mass is 298 g/mol. The van der Waals surface area contributed by atoms with Crippen LogP contribution in [0.1, 0.15) is 11.1 Å². The molecule has 2 aromatic rings. The van der Waals surface area contributed by atoms with Gasteiger partial charge in [-0.05, 0) is 23.6 Å². The number of para-hydroxylation sites is 1. The van der Waals surface area contributed by atoms with Crippen molar-refractivity contribution < 1.29 is 9.53 Å². The molecule has 0 unspecified atom stereocenters. The number of carbonyl (C=O) groups is 1. The highest BCUT2D eigenvalue weighted by atomic mass is 16.5. The first kappa shape index (κ1) is 16.2. The van der Waals surface area contributed by atoms with Crippen molar-refractivity contribution in [3.63, 3.8) is 0 Å². The van der Waals surface area contributed by atoms with Gasteiger partial charge in [-0.2, -0.15) is 0 Å². The Balaban J connectivity index is 1.95. The normalized spacial score (nSPS) is 10.4. The Morgan fingerprint density at radius 3 is 2.55 bits per heavy atom. The molecular weight excluding hydrogens is 276 g/mol. The molecule has 1 amide bonds. The van der Waals surface area contributed by atoms with E-state index in [0.717, 1.165) is 17.7 Å². The van der Waals surface area contributed by atoms with Gasteiger partial charge in [-0.25, -0.2) is 0 Å². The van der Waals surface area contributed by atoms with Crippen LogP contribution in [0, 0.1) is 0 Å². The Morgan fingerprint density at radius 2 is 1.77 bits per heavy atom. The van der Waals surface area contributed by atoms with E-state index < -0.39 is 0 Å². The van der Waals surface area contributed by atoms with Gasteiger partial charge < -0.3 is 15.4 Å². The van der Waals surface area contributed by atoms with Crippen LogP contribution >= 0.6 is 0 Å². The number of hydrogen-bond acceptors (Lipinski definition) is 3. The predicted molar refractivity (Wildman–Crippen MR) is 89.1 cm³/mol. The lowest BCUT2D eigenvalue weighted by Crippen LogP contribution is -2.30. The van der Waals surface area contributed by atoms with Crippen molar-refractivity contribution in [2.24, 2.45) is 0 Å². The van der Waals surface area contributed by atoms with Crippen LogP contribution in [0.5, 0.6) is 0 Å². The molecule has 2 aromatic carbocycles. The molecule has 0 aromatic heterocycles. The standard InChI is InChI=1S/C18H22N2O2/c1-22-12-11-19-14-18(21)20-17-10-6-5-9-16(17)13-15-7-3-2-4-8-15/h2-10,19H,11-14H2,1H3,(H,20,21). The smallest absolute Gasteiger partial charge is 0.238 e. The lowest BCUT2D eigenvalue weighted by atomic mass is 10.0. The second-order valence-corrected chi connectivity index (χ2v) is 5.04. The van der Waals surface area contributed by atoms with Crippen molar-refractivity contribution >= 4 is 11.6 Å². The third-order valence-electron chi connectivity index (χ3n) is 3.30. The number of methoxy groups -OCH3 is 1. The summed E-state index contributed by atoms with van der Waals surface area (Å²) in [7, 11) is 1.64. The molecule has 4 nitrogen and oxygen atoms in total. The molecule has 0 aliphatic carbocycles. The quantitative estimate of drug-likeness (QED) is 0.736. The van der Waals surface area contributed by atoms with Crippen molar-refractivity contribution in [3.8, 4) is 0 Å². The minimum absolute atomic E-state index is 0.0448. The van der Waals surface area contributed by atoms with Crippen molar-refractivity contribution in [2.45, 2.75) is 6.42 Å². The zero-order valence-corrected chi connectivity index (χ0v) is 12.8. The number of anilines is 1. The van der Waals surface area contributed by atoms with E-state index in [4.69, 9.17) is 4.74 Å². The zero-order valence-electron chi connectivity index (χ0n) is 12.8. The van der Waals surface area contributed by atoms with Gasteiger partial charge in [0.25, 0.3) is 0 Å². The molecular formula is C18H22N2O2. The highest BCUT2D eigenvalue weighted by Crippen LogP contribution is 2.18. The molecule has 0 aliphatic heterocycles. The van der Waals surface area contributed by atoms with Crippen molar-refractivity contribution in [3.05, 3.63) is 65.7 Å². The first-order valence-electron chi connectivity index (χ1n) is 7.41. The van der Waals surface area contributed by atoms with Crippen LogP contribution < -0.4 is 10.6 Å². The fourth-order valence-corrected chi connectivity index (χ4v) is 2.18. The largest absolute Gasteiger partial charge is 0.383 e. The summed E-state index contributed by atoms with van der Waals surface area (Å²) in [6.45, 7) is 1.54. The highest BCUT2D eigenvalue weighted by Gasteiger charge is 2.06. The number of nitrogens with one attached hydrogen (secondary N) is 2. The van der Waals surface area contributed by atoms with E-state index in [-0.39, 0.29) is 12.5 Å². The molecule has 0 radical (unpaired) electrons. The molecule has 2 N–H and O–H groups in total. The second kappa shape index (κ2) is 8.97. The van der Waals surface area contributed by atoms with Gasteiger partial charge in [0.05, 0.1) is 13.2 Å². The Bertz CT molecular complexity index is 585. The molecule has 0 bridgehead atoms. The maximum Gasteiger partial charge on any atom is 0.238 e. The Hall–Kier alpha value is -2.17. The fourth-order valence-electron chi connectivity index (χ4n) is 2.18. The van der Waals surface area contributed by atoms with Gasteiger partial charge >= 0.3 is 0 Å². The number of carbonyl (C=O) groups excluding carboxylic acids is 1. The summed E-state index contributed by atoms with van der Waals surface area (Å²) < 4.78 is 4.93. The number of rotatable bonds is 8. The van der Waals surface area contributed by atoms with Gasteiger partial charge in [-0.1, -0.05) is 48.5 Å². The third-order valence-corrected chi connectivity index (χ3v) is 3.30. The third kappa shape index (κ3) is 5.31. The summed E-state index contributed by atoms with van der Waals surface area (Å²) in [5.74, 6) is -0.0448. The fraction of sp³-hybridized carbons (Fsp3) is 0.278. The van der Waals surface area contributed by atoms with E-state index in [9.17, 15) is 4.79 Å². The van der Waals surface area contributed by atoms with Gasteiger partial charge in [0, 0.05) is 19.3 Å².